The number of fused-ring (bicyclic) bond motifs is 3. The molecule has 0 aromatic heterocycles. The fourth-order valence-electron chi connectivity index (χ4n) is 3.03. The second-order valence-corrected chi connectivity index (χ2v) is 4.97. The van der Waals surface area contributed by atoms with Gasteiger partial charge in [0.05, 0.1) is 0 Å². The first kappa shape index (κ1) is 10.5. The smallest absolute Gasteiger partial charge is 0.168 e. The molecule has 2 aliphatic carbocycles. The Kier molecular flexibility index (Phi) is 2.10. The monoisotopic (exact) mass is 244 g/mol. The van der Waals surface area contributed by atoms with E-state index in [0.29, 0.717) is 6.42 Å². The highest BCUT2D eigenvalue weighted by Gasteiger charge is 2.33. The van der Waals surface area contributed by atoms with E-state index < -0.39 is 0 Å². The summed E-state index contributed by atoms with van der Waals surface area (Å²) >= 11 is 0. The second kappa shape index (κ2) is 3.79. The number of carbonyl (C=O) groups is 1. The van der Waals surface area contributed by atoms with Crippen molar-refractivity contribution in [3.63, 3.8) is 0 Å². The highest BCUT2D eigenvalue weighted by Crippen LogP contribution is 2.47. The van der Waals surface area contributed by atoms with E-state index in [0.717, 1.165) is 16.7 Å². The summed E-state index contributed by atoms with van der Waals surface area (Å²) in [7, 11) is 0. The van der Waals surface area contributed by atoms with E-state index in [9.17, 15) is 4.79 Å². The molecule has 90 valence electrons. The minimum absolute atomic E-state index is 0.238. The van der Waals surface area contributed by atoms with Crippen LogP contribution in [0.15, 0.2) is 60.2 Å². The van der Waals surface area contributed by atoms with Crippen LogP contribution in [0, 0.1) is 0 Å². The van der Waals surface area contributed by atoms with Gasteiger partial charge in [0.25, 0.3) is 0 Å². The van der Waals surface area contributed by atoms with Crippen molar-refractivity contribution in [2.24, 2.45) is 0 Å². The molecule has 0 spiro atoms. The Morgan fingerprint density at radius 3 is 2.37 bits per heavy atom. The van der Waals surface area contributed by atoms with Crippen LogP contribution in [0.5, 0.6) is 0 Å². The summed E-state index contributed by atoms with van der Waals surface area (Å²) in [4.78, 5) is 12.3. The SMILES string of the molecule is O=C1CC2=Cc3ccccc3C2=C1c1ccccc1. The van der Waals surface area contributed by atoms with Crippen LogP contribution in [0.1, 0.15) is 23.1 Å². The summed E-state index contributed by atoms with van der Waals surface area (Å²) in [6.07, 6.45) is 2.69. The molecule has 0 amide bonds. The van der Waals surface area contributed by atoms with Gasteiger partial charge in [-0.1, -0.05) is 60.7 Å². The van der Waals surface area contributed by atoms with E-state index in [2.05, 4.69) is 18.2 Å². The summed E-state index contributed by atoms with van der Waals surface area (Å²) in [5, 5.41) is 0. The van der Waals surface area contributed by atoms with Crippen molar-refractivity contribution >= 4 is 23.0 Å². The molecule has 0 bridgehead atoms. The molecule has 0 atom stereocenters. The summed E-state index contributed by atoms with van der Waals surface area (Å²) in [6.45, 7) is 0. The molecular weight excluding hydrogens is 232 g/mol. The Morgan fingerprint density at radius 2 is 1.53 bits per heavy atom. The zero-order valence-electron chi connectivity index (χ0n) is 10.4. The lowest BCUT2D eigenvalue weighted by Crippen LogP contribution is -1.96. The molecule has 0 N–H and O–H groups in total. The van der Waals surface area contributed by atoms with E-state index >= 15 is 0 Å². The van der Waals surface area contributed by atoms with Crippen molar-refractivity contribution in [2.45, 2.75) is 6.42 Å². The van der Waals surface area contributed by atoms with Crippen LogP contribution < -0.4 is 0 Å². The van der Waals surface area contributed by atoms with Crippen LogP contribution in [0.4, 0.5) is 0 Å². The van der Waals surface area contributed by atoms with Crippen molar-refractivity contribution < 1.29 is 4.79 Å². The summed E-state index contributed by atoms with van der Waals surface area (Å²) in [5.41, 5.74) is 6.66. The van der Waals surface area contributed by atoms with Crippen molar-refractivity contribution in [2.75, 3.05) is 0 Å². The lowest BCUT2D eigenvalue weighted by atomic mass is 9.96. The van der Waals surface area contributed by atoms with Gasteiger partial charge in [-0.2, -0.15) is 0 Å². The Bertz CT molecular complexity index is 748. The first-order chi connectivity index (χ1) is 9.34. The largest absolute Gasteiger partial charge is 0.294 e. The number of hydrogen-bond donors (Lipinski definition) is 0. The van der Waals surface area contributed by atoms with Crippen LogP contribution in [0.2, 0.25) is 0 Å². The number of rotatable bonds is 1. The number of Topliss-reactive ketones (excluding diaryl/α,β-unsaturated/α-hetero) is 1. The zero-order chi connectivity index (χ0) is 12.8. The van der Waals surface area contributed by atoms with Gasteiger partial charge in [0, 0.05) is 12.0 Å². The molecule has 0 saturated carbocycles. The number of ketones is 1. The summed E-state index contributed by atoms with van der Waals surface area (Å²) in [5.74, 6) is 0.238. The summed E-state index contributed by atoms with van der Waals surface area (Å²) < 4.78 is 0. The lowest BCUT2D eigenvalue weighted by Gasteiger charge is -2.06. The van der Waals surface area contributed by atoms with Crippen LogP contribution in [0.25, 0.3) is 17.2 Å². The third kappa shape index (κ3) is 1.45. The topological polar surface area (TPSA) is 17.1 Å². The third-order valence-corrected chi connectivity index (χ3v) is 3.82. The average Bonchev–Trinajstić information content (AvgIpc) is 2.94. The van der Waals surface area contributed by atoms with E-state index in [1.807, 2.05) is 42.5 Å². The fourth-order valence-corrected chi connectivity index (χ4v) is 3.03. The highest BCUT2D eigenvalue weighted by atomic mass is 16.1. The standard InChI is InChI=1S/C18H12O/c19-16-11-14-10-13-8-4-5-9-15(13)17(14)18(16)12-6-2-1-3-7-12/h1-10H,11H2. The number of allylic oxidation sites excluding steroid dienone is 3. The Labute approximate surface area is 111 Å². The quantitative estimate of drug-likeness (QED) is 0.742. The van der Waals surface area contributed by atoms with Crippen LogP contribution in [-0.2, 0) is 4.79 Å². The first-order valence-electron chi connectivity index (χ1n) is 6.48. The molecule has 2 aromatic rings. The predicted octanol–water partition coefficient (Wildman–Crippen LogP) is 3.97. The minimum Gasteiger partial charge on any atom is -0.294 e. The van der Waals surface area contributed by atoms with Crippen LogP contribution >= 0.6 is 0 Å². The maximum absolute atomic E-state index is 12.3. The maximum atomic E-state index is 12.3. The molecule has 2 aliphatic rings. The predicted molar refractivity (Wildman–Crippen MR) is 77.3 cm³/mol. The molecule has 0 radical (unpaired) electrons. The van der Waals surface area contributed by atoms with Crippen molar-refractivity contribution in [3.05, 3.63) is 76.9 Å². The van der Waals surface area contributed by atoms with E-state index in [1.165, 1.54) is 16.7 Å². The molecule has 4 rings (SSSR count). The van der Waals surface area contributed by atoms with Gasteiger partial charge in [-0.05, 0) is 27.8 Å². The van der Waals surface area contributed by atoms with Crippen LogP contribution in [-0.4, -0.2) is 5.78 Å². The molecule has 1 nitrogen and oxygen atoms in total. The normalized spacial score (nSPS) is 16.4. The maximum Gasteiger partial charge on any atom is 0.168 e. The number of hydrogen-bond acceptors (Lipinski definition) is 1. The van der Waals surface area contributed by atoms with Gasteiger partial charge >= 0.3 is 0 Å². The van der Waals surface area contributed by atoms with Gasteiger partial charge in [0.1, 0.15) is 0 Å². The third-order valence-electron chi connectivity index (χ3n) is 3.82. The van der Waals surface area contributed by atoms with Gasteiger partial charge in [0.15, 0.2) is 5.78 Å². The fraction of sp³-hybridized carbons (Fsp3) is 0.0556. The second-order valence-electron chi connectivity index (χ2n) is 4.97. The number of benzene rings is 2. The van der Waals surface area contributed by atoms with Gasteiger partial charge in [0.2, 0.25) is 0 Å². The van der Waals surface area contributed by atoms with Gasteiger partial charge in [-0.25, -0.2) is 0 Å². The van der Waals surface area contributed by atoms with E-state index in [4.69, 9.17) is 0 Å². The average molecular weight is 244 g/mol. The van der Waals surface area contributed by atoms with Gasteiger partial charge in [-0.15, -0.1) is 0 Å². The molecule has 1 heteroatoms. The van der Waals surface area contributed by atoms with Crippen molar-refractivity contribution in [1.29, 1.82) is 0 Å². The van der Waals surface area contributed by atoms with Crippen LogP contribution in [0.3, 0.4) is 0 Å². The molecular formula is C18H12O. The molecule has 0 heterocycles. The Morgan fingerprint density at radius 1 is 0.789 bits per heavy atom. The van der Waals surface area contributed by atoms with E-state index in [1.54, 1.807) is 0 Å². The van der Waals surface area contributed by atoms with E-state index in [-0.39, 0.29) is 5.78 Å². The zero-order valence-corrected chi connectivity index (χ0v) is 10.4. The first-order valence-corrected chi connectivity index (χ1v) is 6.48. The van der Waals surface area contributed by atoms with Gasteiger partial charge < -0.3 is 0 Å². The Balaban J connectivity index is 2.02. The number of carbonyl (C=O) groups excluding carboxylic acids is 1. The molecule has 2 aromatic carbocycles. The molecule has 0 unspecified atom stereocenters. The molecule has 0 aliphatic heterocycles. The molecule has 0 fully saturated rings. The van der Waals surface area contributed by atoms with Gasteiger partial charge in [-0.3, -0.25) is 4.79 Å². The molecule has 19 heavy (non-hydrogen) atoms. The van der Waals surface area contributed by atoms with Crippen molar-refractivity contribution in [1.82, 2.24) is 0 Å². The minimum atomic E-state index is 0.238. The van der Waals surface area contributed by atoms with Crippen molar-refractivity contribution in [3.8, 4) is 0 Å². The highest BCUT2D eigenvalue weighted by molar-refractivity contribution is 6.37. The molecule has 0 saturated heterocycles. The summed E-state index contributed by atoms with van der Waals surface area (Å²) in [6, 6.07) is 18.3. The Hall–Kier alpha value is -2.41. The lowest BCUT2D eigenvalue weighted by molar-refractivity contribution is -0.112.